The molecule has 1 aliphatic heterocycles. The Labute approximate surface area is 192 Å². The molecule has 2 heterocycles. The molecule has 4 rings (SSSR count). The van der Waals surface area contributed by atoms with Gasteiger partial charge < -0.3 is 20.1 Å². The summed E-state index contributed by atoms with van der Waals surface area (Å²) in [5, 5.41) is 10.1. The van der Waals surface area contributed by atoms with Crippen LogP contribution < -0.4 is 20.1 Å². The molecule has 0 saturated carbocycles. The fraction of sp³-hybridized carbons (Fsp3) is 0.273. The Morgan fingerprint density at radius 2 is 1.82 bits per heavy atom. The zero-order chi connectivity index (χ0) is 23.8. The van der Waals surface area contributed by atoms with Crippen LogP contribution in [0.15, 0.2) is 48.5 Å². The molecule has 0 fully saturated rings. The molecule has 2 atom stereocenters. The maximum absolute atomic E-state index is 13.8. The minimum absolute atomic E-state index is 0.0981. The molecule has 7 nitrogen and oxygen atoms in total. The van der Waals surface area contributed by atoms with E-state index in [4.69, 9.17) is 21.1 Å². The molecule has 2 N–H and O–H groups in total. The van der Waals surface area contributed by atoms with Gasteiger partial charge in [0.25, 0.3) is 5.91 Å². The first kappa shape index (κ1) is 22.8. The third-order valence-corrected chi connectivity index (χ3v) is 5.59. The number of halogens is 4. The maximum Gasteiger partial charge on any atom is 0.410 e. The molecule has 11 heteroatoms. The van der Waals surface area contributed by atoms with E-state index in [1.165, 1.54) is 20.3 Å². The van der Waals surface area contributed by atoms with Crippen molar-refractivity contribution in [1.29, 1.82) is 0 Å². The second-order valence-corrected chi connectivity index (χ2v) is 7.86. The average molecular weight is 481 g/mol. The van der Waals surface area contributed by atoms with Gasteiger partial charge in [-0.2, -0.15) is 18.3 Å². The van der Waals surface area contributed by atoms with Crippen molar-refractivity contribution in [2.45, 2.75) is 24.7 Å². The van der Waals surface area contributed by atoms with Gasteiger partial charge in [0.15, 0.2) is 23.2 Å². The molecular formula is C22H20ClF3N4O3. The van der Waals surface area contributed by atoms with Crippen LogP contribution in [0.1, 0.15) is 34.6 Å². The fourth-order valence-corrected chi connectivity index (χ4v) is 3.83. The lowest BCUT2D eigenvalue weighted by atomic mass is 9.97. The minimum atomic E-state index is -4.55. The smallest absolute Gasteiger partial charge is 0.410 e. The summed E-state index contributed by atoms with van der Waals surface area (Å²) < 4.78 is 52.7. The molecule has 1 aliphatic rings. The number of aromatic nitrogens is 2. The largest absolute Gasteiger partial charge is 0.493 e. The van der Waals surface area contributed by atoms with Gasteiger partial charge in [0.1, 0.15) is 5.82 Å². The summed E-state index contributed by atoms with van der Waals surface area (Å²) in [7, 11) is 2.93. The maximum atomic E-state index is 13.8. The summed E-state index contributed by atoms with van der Waals surface area (Å²) in [4.78, 5) is 12.7. The molecule has 1 amide bonds. The Bertz CT molecular complexity index is 1160. The Hall–Kier alpha value is -3.40. The van der Waals surface area contributed by atoms with Gasteiger partial charge in [0.05, 0.1) is 20.3 Å². The molecule has 174 valence electrons. The van der Waals surface area contributed by atoms with E-state index in [1.54, 1.807) is 42.5 Å². The summed E-state index contributed by atoms with van der Waals surface area (Å²) in [5.74, 6) is 0.304. The van der Waals surface area contributed by atoms with Crippen LogP contribution in [-0.4, -0.2) is 36.1 Å². The van der Waals surface area contributed by atoms with Crippen molar-refractivity contribution in [3.63, 3.8) is 0 Å². The highest BCUT2D eigenvalue weighted by Gasteiger charge is 2.46. The first-order valence-corrected chi connectivity index (χ1v) is 10.3. The Kier molecular flexibility index (Phi) is 6.11. The number of hydrogen-bond donors (Lipinski definition) is 2. The summed E-state index contributed by atoms with van der Waals surface area (Å²) in [6.45, 7) is 0. The van der Waals surface area contributed by atoms with Crippen LogP contribution in [0.5, 0.6) is 11.5 Å². The van der Waals surface area contributed by atoms with Crippen LogP contribution in [0.25, 0.3) is 0 Å². The number of alkyl halides is 3. The zero-order valence-corrected chi connectivity index (χ0v) is 18.4. The normalized spacial score (nSPS) is 17.6. The van der Waals surface area contributed by atoms with Crippen LogP contribution in [0.4, 0.5) is 24.7 Å². The molecule has 3 aromatic rings. The third-order valence-electron chi connectivity index (χ3n) is 5.34. The number of carbonyl (C=O) groups is 1. The Balaban J connectivity index is 1.61. The van der Waals surface area contributed by atoms with Crippen molar-refractivity contribution < 1.29 is 27.4 Å². The number of ether oxygens (including phenoxy) is 2. The number of benzene rings is 2. The van der Waals surface area contributed by atoms with Crippen molar-refractivity contribution in [1.82, 2.24) is 9.78 Å². The van der Waals surface area contributed by atoms with Crippen LogP contribution in [0, 0.1) is 0 Å². The van der Waals surface area contributed by atoms with E-state index in [9.17, 15) is 18.0 Å². The molecule has 1 aromatic heterocycles. The van der Waals surface area contributed by atoms with E-state index in [-0.39, 0.29) is 17.9 Å². The van der Waals surface area contributed by atoms with E-state index in [0.29, 0.717) is 27.8 Å². The van der Waals surface area contributed by atoms with Crippen LogP contribution in [0.2, 0.25) is 5.02 Å². The SMILES string of the molecule is COc1ccc(NC(=O)c2cc3n(n2)[C@H](C(F)(F)F)C[C@H](c2ccc(Cl)cc2)N3)cc1OC. The zero-order valence-electron chi connectivity index (χ0n) is 17.6. The molecule has 2 aromatic carbocycles. The minimum Gasteiger partial charge on any atom is -0.493 e. The molecule has 0 saturated heterocycles. The molecule has 0 unspecified atom stereocenters. The van der Waals surface area contributed by atoms with E-state index in [0.717, 1.165) is 4.68 Å². The van der Waals surface area contributed by atoms with E-state index in [2.05, 4.69) is 15.7 Å². The molecule has 0 spiro atoms. The van der Waals surface area contributed by atoms with Crippen LogP contribution in [0.3, 0.4) is 0 Å². The van der Waals surface area contributed by atoms with Crippen molar-refractivity contribution in [3.8, 4) is 11.5 Å². The molecule has 0 aliphatic carbocycles. The van der Waals surface area contributed by atoms with Crippen molar-refractivity contribution in [3.05, 3.63) is 64.8 Å². The number of methoxy groups -OCH3 is 2. The number of amides is 1. The second-order valence-electron chi connectivity index (χ2n) is 7.42. The predicted molar refractivity (Wildman–Crippen MR) is 117 cm³/mol. The highest BCUT2D eigenvalue weighted by atomic mass is 35.5. The van der Waals surface area contributed by atoms with Gasteiger partial charge in [-0.1, -0.05) is 23.7 Å². The number of fused-ring (bicyclic) bond motifs is 1. The van der Waals surface area contributed by atoms with Gasteiger partial charge in [-0.15, -0.1) is 0 Å². The lowest BCUT2D eigenvalue weighted by Crippen LogP contribution is -2.35. The lowest BCUT2D eigenvalue weighted by molar-refractivity contribution is -0.173. The van der Waals surface area contributed by atoms with Crippen molar-refractivity contribution in [2.24, 2.45) is 0 Å². The second kappa shape index (κ2) is 8.86. The van der Waals surface area contributed by atoms with Crippen LogP contribution in [-0.2, 0) is 0 Å². The standard InChI is InChI=1S/C22H20ClF3N4O3/c1-32-17-8-7-14(9-18(17)33-2)27-21(31)16-11-20-28-15(12-3-5-13(23)6-4-12)10-19(22(24,25)26)30(20)29-16/h3-9,11,15,19,28H,10H2,1-2H3,(H,27,31)/t15-,19+/m1/s1. The van der Waals surface area contributed by atoms with Gasteiger partial charge in [0, 0.05) is 29.3 Å². The number of hydrogen-bond acceptors (Lipinski definition) is 5. The number of nitrogens with zero attached hydrogens (tertiary/aromatic N) is 2. The number of anilines is 2. The Morgan fingerprint density at radius 1 is 1.12 bits per heavy atom. The van der Waals surface area contributed by atoms with Crippen molar-refractivity contribution in [2.75, 3.05) is 24.9 Å². The number of rotatable bonds is 5. The summed E-state index contributed by atoms with van der Waals surface area (Å²) in [6, 6.07) is 10.1. The third kappa shape index (κ3) is 4.70. The predicted octanol–water partition coefficient (Wildman–Crippen LogP) is 5.47. The molecule has 0 bridgehead atoms. The first-order chi connectivity index (χ1) is 15.7. The molecule has 0 radical (unpaired) electrons. The molecular weight excluding hydrogens is 461 g/mol. The van der Waals surface area contributed by atoms with Gasteiger partial charge in [-0.05, 0) is 29.8 Å². The topological polar surface area (TPSA) is 77.4 Å². The fourth-order valence-electron chi connectivity index (χ4n) is 3.71. The first-order valence-electron chi connectivity index (χ1n) is 9.91. The number of nitrogens with one attached hydrogen (secondary N) is 2. The highest BCUT2D eigenvalue weighted by molar-refractivity contribution is 6.30. The average Bonchev–Trinajstić information content (AvgIpc) is 3.22. The van der Waals surface area contributed by atoms with Gasteiger partial charge >= 0.3 is 6.18 Å². The summed E-state index contributed by atoms with van der Waals surface area (Å²) >= 11 is 5.90. The summed E-state index contributed by atoms with van der Waals surface area (Å²) in [5.41, 5.74) is 0.874. The van der Waals surface area contributed by atoms with Crippen molar-refractivity contribution >= 4 is 29.0 Å². The molecule has 33 heavy (non-hydrogen) atoms. The van der Waals surface area contributed by atoms with Crippen LogP contribution >= 0.6 is 11.6 Å². The lowest BCUT2D eigenvalue weighted by Gasteiger charge is -2.33. The number of carbonyl (C=O) groups excluding carboxylic acids is 1. The van der Waals surface area contributed by atoms with E-state index in [1.807, 2.05) is 0 Å². The monoisotopic (exact) mass is 480 g/mol. The highest BCUT2D eigenvalue weighted by Crippen LogP contribution is 2.43. The summed E-state index contributed by atoms with van der Waals surface area (Å²) in [6.07, 6.45) is -4.83. The quantitative estimate of drug-likeness (QED) is 0.506. The van der Waals surface area contributed by atoms with Gasteiger partial charge in [-0.3, -0.25) is 4.79 Å². The van der Waals surface area contributed by atoms with Gasteiger partial charge in [-0.25, -0.2) is 4.68 Å². The Morgan fingerprint density at radius 3 is 2.45 bits per heavy atom. The van der Waals surface area contributed by atoms with E-state index < -0.39 is 24.2 Å². The van der Waals surface area contributed by atoms with Gasteiger partial charge in [0.2, 0.25) is 0 Å². The van der Waals surface area contributed by atoms with E-state index >= 15 is 0 Å².